The van der Waals surface area contributed by atoms with Gasteiger partial charge in [-0.2, -0.15) is 0 Å². The summed E-state index contributed by atoms with van der Waals surface area (Å²) in [6, 6.07) is 26.0. The topological polar surface area (TPSA) is 22.1 Å². The molecule has 1 saturated carbocycles. The van der Waals surface area contributed by atoms with Gasteiger partial charge in [-0.3, -0.25) is 4.98 Å². The molecule has 0 atom stereocenters. The summed E-state index contributed by atoms with van der Waals surface area (Å²) >= 11 is 0. The van der Waals surface area contributed by atoms with E-state index in [1.165, 1.54) is 28.9 Å². The first kappa shape index (κ1) is 19.1. The summed E-state index contributed by atoms with van der Waals surface area (Å²) in [6.45, 7) is 7.53. The minimum atomic E-state index is -2.48. The Bertz CT molecular complexity index is 857. The van der Waals surface area contributed by atoms with Crippen LogP contribution in [0.4, 0.5) is 0 Å². The minimum Gasteiger partial charge on any atom is -0.403 e. The molecule has 0 unspecified atom stereocenters. The number of nitrogens with zero attached hydrogens (tertiary/aromatic N) is 1. The average molecular weight is 388 g/mol. The molecule has 1 aliphatic carbocycles. The monoisotopic (exact) mass is 387 g/mol. The van der Waals surface area contributed by atoms with E-state index < -0.39 is 8.32 Å². The quantitative estimate of drug-likeness (QED) is 0.553. The van der Waals surface area contributed by atoms with Gasteiger partial charge >= 0.3 is 0 Å². The molecule has 0 bridgehead atoms. The fourth-order valence-corrected chi connectivity index (χ4v) is 8.63. The van der Waals surface area contributed by atoms with Crippen molar-refractivity contribution < 1.29 is 4.43 Å². The summed E-state index contributed by atoms with van der Waals surface area (Å²) in [6.07, 6.45) is 4.57. The van der Waals surface area contributed by atoms with Gasteiger partial charge in [0.25, 0.3) is 8.32 Å². The van der Waals surface area contributed by atoms with E-state index in [2.05, 4.69) is 98.6 Å². The van der Waals surface area contributed by atoms with E-state index in [4.69, 9.17) is 4.43 Å². The maximum absolute atomic E-state index is 6.97. The molecule has 0 radical (unpaired) electrons. The molecular weight excluding hydrogens is 358 g/mol. The number of pyridine rings is 1. The molecular formula is C25H29NOSi. The van der Waals surface area contributed by atoms with Crippen LogP contribution in [-0.4, -0.2) is 13.3 Å². The molecule has 0 amide bonds. The molecule has 1 heterocycles. The Labute approximate surface area is 169 Å². The highest BCUT2D eigenvalue weighted by molar-refractivity contribution is 6.99. The van der Waals surface area contributed by atoms with Gasteiger partial charge in [-0.25, -0.2) is 0 Å². The van der Waals surface area contributed by atoms with Gasteiger partial charge in [0.2, 0.25) is 0 Å². The number of aromatic nitrogens is 1. The summed E-state index contributed by atoms with van der Waals surface area (Å²) in [4.78, 5) is 4.68. The van der Waals surface area contributed by atoms with Crippen molar-refractivity contribution in [1.29, 1.82) is 0 Å². The molecule has 1 aliphatic rings. The van der Waals surface area contributed by atoms with E-state index in [1.807, 2.05) is 6.20 Å². The van der Waals surface area contributed by atoms with Crippen molar-refractivity contribution in [2.24, 2.45) is 0 Å². The van der Waals surface area contributed by atoms with E-state index in [-0.39, 0.29) is 5.04 Å². The summed E-state index contributed by atoms with van der Waals surface area (Å²) in [5, 5.41) is 2.63. The molecule has 0 spiro atoms. The van der Waals surface area contributed by atoms with E-state index in [9.17, 15) is 0 Å². The third kappa shape index (κ3) is 3.69. The van der Waals surface area contributed by atoms with E-state index in [0.717, 1.165) is 5.56 Å². The molecule has 0 saturated heterocycles. The van der Waals surface area contributed by atoms with Crippen LogP contribution < -0.4 is 10.4 Å². The first-order valence-electron chi connectivity index (χ1n) is 10.2. The third-order valence-corrected chi connectivity index (χ3v) is 10.7. The first-order valence-corrected chi connectivity index (χ1v) is 12.1. The molecule has 2 nitrogen and oxygen atoms in total. The maximum atomic E-state index is 6.97. The number of benzene rings is 2. The van der Waals surface area contributed by atoms with Crippen molar-refractivity contribution in [2.45, 2.75) is 51.2 Å². The Balaban J connectivity index is 1.71. The zero-order valence-corrected chi connectivity index (χ0v) is 18.1. The lowest BCUT2D eigenvalue weighted by molar-refractivity contribution is 0.286. The van der Waals surface area contributed by atoms with Crippen molar-refractivity contribution in [3.05, 3.63) is 90.3 Å². The second-order valence-electron chi connectivity index (χ2n) is 8.82. The first-order chi connectivity index (χ1) is 13.5. The summed E-state index contributed by atoms with van der Waals surface area (Å²) in [5.41, 5.74) is 2.38. The van der Waals surface area contributed by atoms with Crippen molar-refractivity contribution in [1.82, 2.24) is 4.98 Å². The van der Waals surface area contributed by atoms with Gasteiger partial charge in [0.1, 0.15) is 0 Å². The van der Waals surface area contributed by atoms with Gasteiger partial charge < -0.3 is 4.43 Å². The van der Waals surface area contributed by atoms with Crippen LogP contribution in [0.1, 0.15) is 50.8 Å². The van der Waals surface area contributed by atoms with Gasteiger partial charge in [-0.1, -0.05) is 87.5 Å². The summed E-state index contributed by atoms with van der Waals surface area (Å²) < 4.78 is 6.97. The molecule has 0 aliphatic heterocycles. The zero-order valence-electron chi connectivity index (χ0n) is 17.1. The Morgan fingerprint density at radius 3 is 1.86 bits per heavy atom. The molecule has 28 heavy (non-hydrogen) atoms. The standard InChI is InChI=1S/C25H29NOSi/c1-25(2,3)28(22-10-6-4-7-11-22,23-12-8-5-9-13-23)27-19-20-14-17-24(26-18-20)21-15-16-21/h4-14,17-18,21H,15-16,19H2,1-3H3. The Morgan fingerprint density at radius 2 is 1.43 bits per heavy atom. The van der Waals surface area contributed by atoms with Gasteiger partial charge in [-0.05, 0) is 39.9 Å². The SMILES string of the molecule is CC(C)(C)[Si](OCc1ccc(C2CC2)nc1)(c1ccccc1)c1ccccc1. The minimum absolute atomic E-state index is 0.00289. The lowest BCUT2D eigenvalue weighted by Crippen LogP contribution is -2.66. The van der Waals surface area contributed by atoms with Crippen molar-refractivity contribution in [3.8, 4) is 0 Å². The Hall–Kier alpha value is -2.23. The van der Waals surface area contributed by atoms with Crippen LogP contribution in [0.2, 0.25) is 5.04 Å². The highest BCUT2D eigenvalue weighted by Crippen LogP contribution is 2.39. The number of rotatable bonds is 6. The van der Waals surface area contributed by atoms with E-state index in [1.54, 1.807) is 0 Å². The van der Waals surface area contributed by atoms with Crippen LogP contribution in [0.15, 0.2) is 79.0 Å². The molecule has 2 aromatic carbocycles. The number of hydrogen-bond acceptors (Lipinski definition) is 2. The predicted molar refractivity (Wildman–Crippen MR) is 119 cm³/mol. The molecule has 4 rings (SSSR count). The molecule has 3 aromatic rings. The molecule has 1 aromatic heterocycles. The molecule has 1 fully saturated rings. The van der Waals surface area contributed by atoms with Gasteiger partial charge in [-0.15, -0.1) is 0 Å². The molecule has 3 heteroatoms. The predicted octanol–water partition coefficient (Wildman–Crippen LogP) is 5.04. The second-order valence-corrected chi connectivity index (χ2v) is 13.1. The van der Waals surface area contributed by atoms with Crippen LogP contribution in [0.25, 0.3) is 0 Å². The Kier molecular flexibility index (Phi) is 5.22. The summed E-state index contributed by atoms with van der Waals surface area (Å²) in [5.74, 6) is 0.687. The van der Waals surface area contributed by atoms with Gasteiger partial charge in [0, 0.05) is 17.8 Å². The fourth-order valence-electron chi connectivity index (χ4n) is 4.10. The van der Waals surface area contributed by atoms with Crippen LogP contribution in [0.3, 0.4) is 0 Å². The third-order valence-electron chi connectivity index (χ3n) is 5.72. The van der Waals surface area contributed by atoms with E-state index in [0.29, 0.717) is 12.5 Å². The Morgan fingerprint density at radius 1 is 0.857 bits per heavy atom. The van der Waals surface area contributed by atoms with Crippen LogP contribution >= 0.6 is 0 Å². The maximum Gasteiger partial charge on any atom is 0.261 e. The van der Waals surface area contributed by atoms with Gasteiger partial charge in [0.05, 0.1) is 6.61 Å². The van der Waals surface area contributed by atoms with Crippen molar-refractivity contribution in [2.75, 3.05) is 0 Å². The van der Waals surface area contributed by atoms with E-state index >= 15 is 0 Å². The molecule has 0 N–H and O–H groups in total. The van der Waals surface area contributed by atoms with Crippen LogP contribution in [-0.2, 0) is 11.0 Å². The largest absolute Gasteiger partial charge is 0.403 e. The second kappa shape index (κ2) is 7.65. The van der Waals surface area contributed by atoms with Gasteiger partial charge in [0.15, 0.2) is 0 Å². The number of hydrogen-bond donors (Lipinski definition) is 0. The normalized spacial score (nSPS) is 14.8. The van der Waals surface area contributed by atoms with Crippen molar-refractivity contribution >= 4 is 18.7 Å². The van der Waals surface area contributed by atoms with Crippen LogP contribution in [0.5, 0.6) is 0 Å². The average Bonchev–Trinajstić information content (AvgIpc) is 3.55. The molecule has 144 valence electrons. The fraction of sp³-hybridized carbons (Fsp3) is 0.320. The van der Waals surface area contributed by atoms with Crippen LogP contribution in [0, 0.1) is 0 Å². The zero-order chi connectivity index (χ0) is 19.6. The smallest absolute Gasteiger partial charge is 0.261 e. The lowest BCUT2D eigenvalue weighted by atomic mass is 10.2. The lowest BCUT2D eigenvalue weighted by Gasteiger charge is -2.43. The highest BCUT2D eigenvalue weighted by Gasteiger charge is 2.50. The van der Waals surface area contributed by atoms with Crippen molar-refractivity contribution in [3.63, 3.8) is 0 Å². The summed E-state index contributed by atoms with van der Waals surface area (Å²) in [7, 11) is -2.48. The highest BCUT2D eigenvalue weighted by atomic mass is 28.4.